The van der Waals surface area contributed by atoms with Gasteiger partial charge in [0.1, 0.15) is 29.0 Å². The molecule has 7 heteroatoms. The highest BCUT2D eigenvalue weighted by Gasteiger charge is 2.10. The van der Waals surface area contributed by atoms with E-state index in [2.05, 4.69) is 20.6 Å². The summed E-state index contributed by atoms with van der Waals surface area (Å²) in [4.78, 5) is 8.68. The fourth-order valence-electron chi connectivity index (χ4n) is 2.46. The minimum atomic E-state index is -0.353. The van der Waals surface area contributed by atoms with Crippen LogP contribution >= 0.6 is 11.6 Å². The molecule has 0 saturated carbocycles. The first-order chi connectivity index (χ1) is 12.5. The lowest BCUT2D eigenvalue weighted by Gasteiger charge is -2.14. The van der Waals surface area contributed by atoms with Crippen molar-refractivity contribution in [3.8, 4) is 5.75 Å². The van der Waals surface area contributed by atoms with Gasteiger partial charge in [-0.3, -0.25) is 0 Å². The predicted molar refractivity (Wildman–Crippen MR) is 102 cm³/mol. The average Bonchev–Trinajstić information content (AvgIpc) is 2.59. The molecule has 2 aromatic carbocycles. The molecule has 0 bridgehead atoms. The van der Waals surface area contributed by atoms with Crippen LogP contribution in [0.2, 0.25) is 5.02 Å². The third-order valence-corrected chi connectivity index (χ3v) is 4.13. The molecule has 0 atom stereocenters. The summed E-state index contributed by atoms with van der Waals surface area (Å²) in [5.74, 6) is 1.82. The standard InChI is InChI=1S/C19H18ClFN4O/c1-11-8-16(17(26-3)9-13(11)20)25-19-10-18(22-12(2)23-19)24-15-7-5-4-6-14(15)21/h4-10H,1-3H3,(H2,22,23,24,25). The largest absolute Gasteiger partial charge is 0.495 e. The quantitative estimate of drug-likeness (QED) is 0.629. The van der Waals surface area contributed by atoms with E-state index < -0.39 is 0 Å². The van der Waals surface area contributed by atoms with Gasteiger partial charge in [-0.05, 0) is 37.6 Å². The summed E-state index contributed by atoms with van der Waals surface area (Å²) in [6, 6.07) is 11.7. The van der Waals surface area contributed by atoms with Crippen LogP contribution < -0.4 is 15.4 Å². The number of nitrogens with zero attached hydrogens (tertiary/aromatic N) is 2. The van der Waals surface area contributed by atoms with E-state index in [-0.39, 0.29) is 5.82 Å². The van der Waals surface area contributed by atoms with E-state index >= 15 is 0 Å². The molecule has 0 aliphatic carbocycles. The zero-order chi connectivity index (χ0) is 18.7. The lowest BCUT2D eigenvalue weighted by atomic mass is 10.2. The zero-order valence-corrected chi connectivity index (χ0v) is 15.4. The molecule has 0 unspecified atom stereocenters. The highest BCUT2D eigenvalue weighted by atomic mass is 35.5. The Labute approximate surface area is 156 Å². The average molecular weight is 373 g/mol. The van der Waals surface area contributed by atoms with Gasteiger partial charge in [-0.1, -0.05) is 23.7 Å². The Bertz CT molecular complexity index is 949. The first-order valence-corrected chi connectivity index (χ1v) is 8.32. The fourth-order valence-corrected chi connectivity index (χ4v) is 2.62. The molecule has 3 rings (SSSR count). The Kier molecular flexibility index (Phi) is 5.23. The molecule has 0 spiro atoms. The molecule has 0 saturated heterocycles. The van der Waals surface area contributed by atoms with Gasteiger partial charge < -0.3 is 15.4 Å². The van der Waals surface area contributed by atoms with Gasteiger partial charge in [0.2, 0.25) is 0 Å². The fraction of sp³-hybridized carbons (Fsp3) is 0.158. The van der Waals surface area contributed by atoms with Crippen LogP contribution in [-0.2, 0) is 0 Å². The molecule has 26 heavy (non-hydrogen) atoms. The van der Waals surface area contributed by atoms with E-state index in [9.17, 15) is 4.39 Å². The maximum Gasteiger partial charge on any atom is 0.146 e. The summed E-state index contributed by atoms with van der Waals surface area (Å²) in [6.45, 7) is 3.67. The minimum Gasteiger partial charge on any atom is -0.495 e. The van der Waals surface area contributed by atoms with E-state index in [1.165, 1.54) is 6.07 Å². The van der Waals surface area contributed by atoms with Gasteiger partial charge in [0, 0.05) is 17.2 Å². The number of hydrogen-bond donors (Lipinski definition) is 2. The van der Waals surface area contributed by atoms with Crippen molar-refractivity contribution in [2.45, 2.75) is 13.8 Å². The molecule has 3 aromatic rings. The van der Waals surface area contributed by atoms with Crippen molar-refractivity contribution in [3.05, 3.63) is 64.7 Å². The SMILES string of the molecule is COc1cc(Cl)c(C)cc1Nc1cc(Nc2ccccc2F)nc(C)n1. The molecule has 0 radical (unpaired) electrons. The third kappa shape index (κ3) is 4.03. The van der Waals surface area contributed by atoms with Gasteiger partial charge in [-0.2, -0.15) is 0 Å². The second-order valence-electron chi connectivity index (χ2n) is 5.72. The molecule has 1 heterocycles. The van der Waals surface area contributed by atoms with Crippen LogP contribution in [0.4, 0.5) is 27.4 Å². The van der Waals surface area contributed by atoms with Gasteiger partial charge in [0.05, 0.1) is 18.5 Å². The van der Waals surface area contributed by atoms with Gasteiger partial charge in [-0.25, -0.2) is 14.4 Å². The van der Waals surface area contributed by atoms with E-state index in [1.807, 2.05) is 13.0 Å². The smallest absolute Gasteiger partial charge is 0.146 e. The van der Waals surface area contributed by atoms with Crippen molar-refractivity contribution in [3.63, 3.8) is 0 Å². The van der Waals surface area contributed by atoms with Gasteiger partial charge in [-0.15, -0.1) is 0 Å². The molecular weight excluding hydrogens is 355 g/mol. The lowest BCUT2D eigenvalue weighted by molar-refractivity contribution is 0.416. The molecular formula is C19H18ClFN4O. The van der Waals surface area contributed by atoms with Crippen molar-refractivity contribution in [1.82, 2.24) is 9.97 Å². The Balaban J connectivity index is 1.91. The Morgan fingerprint density at radius 2 is 1.62 bits per heavy atom. The molecule has 0 amide bonds. The van der Waals surface area contributed by atoms with Gasteiger partial charge >= 0.3 is 0 Å². The van der Waals surface area contributed by atoms with Crippen molar-refractivity contribution < 1.29 is 9.13 Å². The van der Waals surface area contributed by atoms with E-state index in [4.69, 9.17) is 16.3 Å². The number of hydrogen-bond acceptors (Lipinski definition) is 5. The predicted octanol–water partition coefficient (Wildman–Crippen LogP) is 5.38. The Hall–Kier alpha value is -2.86. The number of para-hydroxylation sites is 1. The number of halogens is 2. The van der Waals surface area contributed by atoms with Crippen LogP contribution in [0.5, 0.6) is 5.75 Å². The minimum absolute atomic E-state index is 0.344. The van der Waals surface area contributed by atoms with Crippen LogP contribution in [0.3, 0.4) is 0 Å². The summed E-state index contributed by atoms with van der Waals surface area (Å²) < 4.78 is 19.2. The molecule has 0 aliphatic rings. The number of nitrogens with one attached hydrogen (secondary N) is 2. The van der Waals surface area contributed by atoms with Crippen LogP contribution in [-0.4, -0.2) is 17.1 Å². The second-order valence-corrected chi connectivity index (χ2v) is 6.12. The summed E-state index contributed by atoms with van der Waals surface area (Å²) in [5, 5.41) is 6.79. The molecule has 1 aromatic heterocycles. The van der Waals surface area contributed by atoms with Gasteiger partial charge in [0.25, 0.3) is 0 Å². The number of methoxy groups -OCH3 is 1. The van der Waals surface area contributed by atoms with Crippen LogP contribution in [0, 0.1) is 19.7 Å². The summed E-state index contributed by atoms with van der Waals surface area (Å²) in [6.07, 6.45) is 0. The van der Waals surface area contributed by atoms with Crippen molar-refractivity contribution in [2.75, 3.05) is 17.7 Å². The zero-order valence-electron chi connectivity index (χ0n) is 14.6. The third-order valence-electron chi connectivity index (χ3n) is 3.72. The number of benzene rings is 2. The van der Waals surface area contributed by atoms with Crippen LogP contribution in [0.25, 0.3) is 0 Å². The maximum atomic E-state index is 13.9. The molecule has 5 nitrogen and oxygen atoms in total. The van der Waals surface area contributed by atoms with E-state index in [0.29, 0.717) is 33.9 Å². The summed E-state index contributed by atoms with van der Waals surface area (Å²) in [7, 11) is 1.57. The number of anilines is 4. The monoisotopic (exact) mass is 372 g/mol. The Morgan fingerprint density at radius 1 is 0.962 bits per heavy atom. The van der Waals surface area contributed by atoms with Crippen molar-refractivity contribution >= 4 is 34.6 Å². The summed E-state index contributed by atoms with van der Waals surface area (Å²) in [5.41, 5.74) is 1.98. The van der Waals surface area contributed by atoms with Crippen LogP contribution in [0.1, 0.15) is 11.4 Å². The Morgan fingerprint density at radius 3 is 2.27 bits per heavy atom. The highest BCUT2D eigenvalue weighted by molar-refractivity contribution is 6.31. The normalized spacial score (nSPS) is 10.5. The second kappa shape index (κ2) is 7.58. The topological polar surface area (TPSA) is 59.1 Å². The number of rotatable bonds is 5. The molecule has 0 aliphatic heterocycles. The van der Waals surface area contributed by atoms with Crippen molar-refractivity contribution in [1.29, 1.82) is 0 Å². The molecule has 2 N–H and O–H groups in total. The first-order valence-electron chi connectivity index (χ1n) is 7.94. The summed E-state index contributed by atoms with van der Waals surface area (Å²) >= 11 is 6.14. The first kappa shape index (κ1) is 17.9. The number of aryl methyl sites for hydroxylation is 2. The van der Waals surface area contributed by atoms with Crippen LogP contribution in [0.15, 0.2) is 42.5 Å². The highest BCUT2D eigenvalue weighted by Crippen LogP contribution is 2.33. The molecule has 134 valence electrons. The van der Waals surface area contributed by atoms with E-state index in [0.717, 1.165) is 11.3 Å². The number of ether oxygens (including phenoxy) is 1. The lowest BCUT2D eigenvalue weighted by Crippen LogP contribution is -2.03. The van der Waals surface area contributed by atoms with Crippen molar-refractivity contribution in [2.24, 2.45) is 0 Å². The number of aromatic nitrogens is 2. The molecule has 0 fully saturated rings. The van der Waals surface area contributed by atoms with E-state index in [1.54, 1.807) is 44.4 Å². The maximum absolute atomic E-state index is 13.9. The van der Waals surface area contributed by atoms with Gasteiger partial charge in [0.15, 0.2) is 0 Å².